The Morgan fingerprint density at radius 3 is 2.07 bits per heavy atom. The molecule has 0 saturated carbocycles. The summed E-state index contributed by atoms with van der Waals surface area (Å²) in [5.41, 5.74) is 3.46. The van der Waals surface area contributed by atoms with E-state index in [2.05, 4.69) is 0 Å². The van der Waals surface area contributed by atoms with Gasteiger partial charge in [-0.3, -0.25) is 0 Å². The van der Waals surface area contributed by atoms with Gasteiger partial charge in [-0.15, -0.1) is 0 Å². The lowest BCUT2D eigenvalue weighted by atomic mass is 9.98. The molecule has 0 amide bonds. The summed E-state index contributed by atoms with van der Waals surface area (Å²) >= 11 is 0. The van der Waals surface area contributed by atoms with Crippen molar-refractivity contribution in [1.82, 2.24) is 4.90 Å². The lowest BCUT2D eigenvalue weighted by molar-refractivity contribution is -0.140. The normalized spacial score (nSPS) is 11.7. The first-order chi connectivity index (χ1) is 14.0. The van der Waals surface area contributed by atoms with Crippen molar-refractivity contribution in [2.45, 2.75) is 13.8 Å². The van der Waals surface area contributed by atoms with Crippen LogP contribution >= 0.6 is 0 Å². The average molecular weight is 393 g/mol. The number of likely N-dealkylation sites (N-methyl/N-ethyl adjacent to an activating group) is 1. The van der Waals surface area contributed by atoms with Crippen LogP contribution in [0.1, 0.15) is 19.4 Å². The van der Waals surface area contributed by atoms with Crippen molar-refractivity contribution in [1.29, 1.82) is 0 Å². The Balaban J connectivity index is 2.51. The molecule has 0 spiro atoms. The van der Waals surface area contributed by atoms with E-state index in [0.717, 1.165) is 11.1 Å². The summed E-state index contributed by atoms with van der Waals surface area (Å²) in [7, 11) is 3.49. The van der Waals surface area contributed by atoms with Gasteiger partial charge in [0.1, 0.15) is 5.70 Å². The van der Waals surface area contributed by atoms with Gasteiger partial charge in [-0.05, 0) is 48.8 Å². The van der Waals surface area contributed by atoms with E-state index in [1.807, 2.05) is 54.6 Å². The maximum atomic E-state index is 12.6. The zero-order chi connectivity index (χ0) is 21.2. The van der Waals surface area contributed by atoms with E-state index in [-0.39, 0.29) is 13.2 Å². The van der Waals surface area contributed by atoms with Gasteiger partial charge in [-0.1, -0.05) is 48.5 Å². The first kappa shape index (κ1) is 22.0. The molecule has 5 nitrogen and oxygen atoms in total. The van der Waals surface area contributed by atoms with Crippen LogP contribution in [0.2, 0.25) is 0 Å². The van der Waals surface area contributed by atoms with Crippen LogP contribution in [0.25, 0.3) is 16.7 Å². The molecule has 152 valence electrons. The number of nitrogens with zero attached hydrogens (tertiary/aromatic N) is 1. The summed E-state index contributed by atoms with van der Waals surface area (Å²) < 4.78 is 10.3. The lowest BCUT2D eigenvalue weighted by Crippen LogP contribution is -2.21. The quantitative estimate of drug-likeness (QED) is 0.380. The second-order valence-electron chi connectivity index (χ2n) is 6.41. The topological polar surface area (TPSA) is 55.8 Å². The molecule has 0 unspecified atom stereocenters. The third-order valence-corrected chi connectivity index (χ3v) is 4.15. The van der Waals surface area contributed by atoms with Gasteiger partial charge >= 0.3 is 11.9 Å². The van der Waals surface area contributed by atoms with E-state index in [0.29, 0.717) is 16.8 Å². The van der Waals surface area contributed by atoms with Gasteiger partial charge in [0, 0.05) is 14.1 Å². The molecule has 29 heavy (non-hydrogen) atoms. The molecule has 0 bridgehead atoms. The second-order valence-corrected chi connectivity index (χ2v) is 6.41. The van der Waals surface area contributed by atoms with Crippen LogP contribution in [0.3, 0.4) is 0 Å². The maximum Gasteiger partial charge on any atom is 0.354 e. The third kappa shape index (κ3) is 6.07. The molecule has 5 heteroatoms. The van der Waals surface area contributed by atoms with Gasteiger partial charge in [0.15, 0.2) is 0 Å². The monoisotopic (exact) mass is 393 g/mol. The van der Waals surface area contributed by atoms with Crippen molar-refractivity contribution < 1.29 is 19.1 Å². The minimum atomic E-state index is -0.449. The van der Waals surface area contributed by atoms with Crippen LogP contribution < -0.4 is 0 Å². The van der Waals surface area contributed by atoms with Crippen molar-refractivity contribution in [2.24, 2.45) is 0 Å². The standard InChI is InChI=1S/C24H27NO4/c1-5-28-23(26)21(15-16-22(25(3)4)24(27)29-6-2)20-14-10-13-19(17-20)18-11-8-7-9-12-18/h7-17H,5-6H2,1-4H3. The molecule has 2 aromatic rings. The number of carbonyl (C=O) groups is 2. The maximum absolute atomic E-state index is 12.6. The minimum Gasteiger partial charge on any atom is -0.462 e. The van der Waals surface area contributed by atoms with Crippen LogP contribution in [0.15, 0.2) is 72.4 Å². The van der Waals surface area contributed by atoms with Crippen molar-refractivity contribution in [3.8, 4) is 11.1 Å². The molecule has 0 aliphatic rings. The van der Waals surface area contributed by atoms with Gasteiger partial charge in [0.2, 0.25) is 0 Å². The van der Waals surface area contributed by atoms with Crippen LogP contribution in [-0.2, 0) is 19.1 Å². The smallest absolute Gasteiger partial charge is 0.354 e. The van der Waals surface area contributed by atoms with Crippen LogP contribution in [0.4, 0.5) is 0 Å². The first-order valence-corrected chi connectivity index (χ1v) is 9.57. The highest BCUT2D eigenvalue weighted by Crippen LogP contribution is 2.25. The Bertz CT molecular complexity index is 898. The number of hydrogen-bond acceptors (Lipinski definition) is 5. The SMILES string of the molecule is CCOC(=O)C(=CC=C(C(=O)OCC)N(C)C)c1cccc(-c2ccccc2)c1. The zero-order valence-corrected chi connectivity index (χ0v) is 17.3. The van der Waals surface area contributed by atoms with Crippen LogP contribution in [0, 0.1) is 0 Å². The number of carbonyl (C=O) groups excluding carboxylic acids is 2. The molecular weight excluding hydrogens is 366 g/mol. The molecule has 0 atom stereocenters. The molecule has 0 aromatic heterocycles. The van der Waals surface area contributed by atoms with E-state index in [1.54, 1.807) is 45.0 Å². The van der Waals surface area contributed by atoms with Crippen LogP contribution in [0.5, 0.6) is 0 Å². The summed E-state index contributed by atoms with van der Waals surface area (Å²) in [5.74, 6) is -0.897. The van der Waals surface area contributed by atoms with Gasteiger partial charge < -0.3 is 14.4 Å². The Morgan fingerprint density at radius 1 is 0.828 bits per heavy atom. The molecule has 0 heterocycles. The summed E-state index contributed by atoms with van der Waals surface area (Å²) in [5, 5.41) is 0. The Kier molecular flexibility index (Phi) is 8.22. The van der Waals surface area contributed by atoms with Gasteiger partial charge in [0.05, 0.1) is 18.8 Å². The van der Waals surface area contributed by atoms with Crippen molar-refractivity contribution in [2.75, 3.05) is 27.3 Å². The average Bonchev–Trinajstić information content (AvgIpc) is 2.72. The highest BCUT2D eigenvalue weighted by Gasteiger charge is 2.16. The molecule has 2 aromatic carbocycles. The number of allylic oxidation sites excluding steroid dienone is 2. The molecule has 0 aliphatic carbocycles. The van der Waals surface area contributed by atoms with Crippen molar-refractivity contribution in [3.63, 3.8) is 0 Å². The van der Waals surface area contributed by atoms with Gasteiger partial charge in [-0.2, -0.15) is 0 Å². The van der Waals surface area contributed by atoms with E-state index in [1.165, 1.54) is 0 Å². The first-order valence-electron chi connectivity index (χ1n) is 9.57. The van der Waals surface area contributed by atoms with E-state index in [4.69, 9.17) is 9.47 Å². The fourth-order valence-corrected chi connectivity index (χ4v) is 2.75. The largest absolute Gasteiger partial charge is 0.462 e. The summed E-state index contributed by atoms with van der Waals surface area (Å²) in [4.78, 5) is 26.5. The number of ether oxygens (including phenoxy) is 2. The highest BCUT2D eigenvalue weighted by molar-refractivity contribution is 6.17. The summed E-state index contributed by atoms with van der Waals surface area (Å²) in [6.45, 7) is 4.05. The van der Waals surface area contributed by atoms with E-state index < -0.39 is 11.9 Å². The molecule has 0 saturated heterocycles. The number of esters is 2. The zero-order valence-electron chi connectivity index (χ0n) is 17.3. The van der Waals surface area contributed by atoms with Gasteiger partial charge in [0.25, 0.3) is 0 Å². The van der Waals surface area contributed by atoms with Crippen LogP contribution in [-0.4, -0.2) is 44.1 Å². The summed E-state index contributed by atoms with van der Waals surface area (Å²) in [6, 6.07) is 17.6. The minimum absolute atomic E-state index is 0.261. The Hall–Kier alpha value is -3.34. The van der Waals surface area contributed by atoms with Crippen molar-refractivity contribution in [3.05, 3.63) is 78.0 Å². The Labute approximate surface area is 172 Å². The predicted octanol–water partition coefficient (Wildman–Crippen LogP) is 4.31. The molecule has 0 N–H and O–H groups in total. The highest BCUT2D eigenvalue weighted by atomic mass is 16.5. The van der Waals surface area contributed by atoms with Crippen molar-refractivity contribution >= 4 is 17.5 Å². The molecule has 2 rings (SSSR count). The third-order valence-electron chi connectivity index (χ3n) is 4.15. The number of rotatable bonds is 8. The second kappa shape index (κ2) is 10.9. The lowest BCUT2D eigenvalue weighted by Gasteiger charge is -2.15. The Morgan fingerprint density at radius 2 is 1.45 bits per heavy atom. The predicted molar refractivity (Wildman–Crippen MR) is 115 cm³/mol. The fourth-order valence-electron chi connectivity index (χ4n) is 2.75. The van der Waals surface area contributed by atoms with E-state index in [9.17, 15) is 9.59 Å². The van der Waals surface area contributed by atoms with E-state index >= 15 is 0 Å². The summed E-state index contributed by atoms with van der Waals surface area (Å²) in [6.07, 6.45) is 3.19. The molecule has 0 radical (unpaired) electrons. The van der Waals surface area contributed by atoms with Gasteiger partial charge in [-0.25, -0.2) is 9.59 Å². The number of hydrogen-bond donors (Lipinski definition) is 0. The molecule has 0 aliphatic heterocycles. The number of benzene rings is 2. The molecule has 0 fully saturated rings. The fraction of sp³-hybridized carbons (Fsp3) is 0.250. The molecular formula is C24H27NO4.